The summed E-state index contributed by atoms with van der Waals surface area (Å²) in [6.45, 7) is 4.22. The van der Waals surface area contributed by atoms with E-state index in [1.807, 2.05) is 6.92 Å². The summed E-state index contributed by atoms with van der Waals surface area (Å²) in [5.74, 6) is 1.13. The maximum Gasteiger partial charge on any atom is 0.223 e. The molecular formula is C13H17N3O3S. The molecule has 0 aliphatic carbocycles. The average molecular weight is 295 g/mol. The second-order valence-electron chi connectivity index (χ2n) is 4.67. The Morgan fingerprint density at radius 1 is 1.30 bits per heavy atom. The Morgan fingerprint density at radius 2 is 1.95 bits per heavy atom. The van der Waals surface area contributed by atoms with Gasteiger partial charge in [-0.25, -0.2) is 8.42 Å². The second-order valence-corrected chi connectivity index (χ2v) is 6.69. The van der Waals surface area contributed by atoms with Gasteiger partial charge in [0, 0.05) is 19.2 Å². The molecule has 1 unspecified atom stereocenters. The van der Waals surface area contributed by atoms with Crippen LogP contribution in [-0.4, -0.2) is 24.8 Å². The van der Waals surface area contributed by atoms with Crippen LogP contribution >= 0.6 is 0 Å². The summed E-state index contributed by atoms with van der Waals surface area (Å²) in [5.41, 5.74) is 0.998. The number of aryl methyl sites for hydroxylation is 1. The average Bonchev–Trinajstić information content (AvgIpc) is 2.81. The first-order valence-corrected chi connectivity index (χ1v) is 8.08. The van der Waals surface area contributed by atoms with Gasteiger partial charge in [0.25, 0.3) is 0 Å². The number of hydrogen-bond donors (Lipinski definition) is 1. The zero-order valence-electron chi connectivity index (χ0n) is 11.6. The molecule has 1 aromatic carbocycles. The molecule has 1 atom stereocenters. The summed E-state index contributed by atoms with van der Waals surface area (Å²) in [5, 5.41) is 7.05. The van der Waals surface area contributed by atoms with Crippen LogP contribution in [0.5, 0.6) is 0 Å². The molecule has 0 radical (unpaired) electrons. The van der Waals surface area contributed by atoms with E-state index in [1.54, 1.807) is 31.2 Å². The van der Waals surface area contributed by atoms with Gasteiger partial charge in [-0.2, -0.15) is 4.98 Å². The molecule has 0 amide bonds. The van der Waals surface area contributed by atoms with Crippen molar-refractivity contribution in [1.29, 1.82) is 0 Å². The Morgan fingerprint density at radius 3 is 2.45 bits per heavy atom. The number of nitrogens with zero attached hydrogens (tertiary/aromatic N) is 2. The van der Waals surface area contributed by atoms with Gasteiger partial charge in [-0.15, -0.1) is 0 Å². The van der Waals surface area contributed by atoms with E-state index in [2.05, 4.69) is 15.5 Å². The van der Waals surface area contributed by atoms with Gasteiger partial charge < -0.3 is 9.84 Å². The number of sulfone groups is 1. The Labute approximate surface area is 118 Å². The third-order valence-corrected chi connectivity index (χ3v) is 4.07. The highest BCUT2D eigenvalue weighted by Crippen LogP contribution is 2.16. The monoisotopic (exact) mass is 295 g/mol. The highest BCUT2D eigenvalue weighted by Gasteiger charge is 2.10. The Balaban J connectivity index is 2.00. The highest BCUT2D eigenvalue weighted by atomic mass is 32.2. The largest absolute Gasteiger partial charge is 0.340 e. The molecule has 7 heteroatoms. The SMILES string of the molecule is Cc1nc(CNC(C)c2ccc(S(C)(=O)=O)cc2)no1. The van der Waals surface area contributed by atoms with Crippen molar-refractivity contribution in [2.45, 2.75) is 31.3 Å². The molecule has 2 aromatic rings. The zero-order valence-corrected chi connectivity index (χ0v) is 12.4. The fourth-order valence-corrected chi connectivity index (χ4v) is 2.41. The predicted molar refractivity (Wildman–Crippen MR) is 73.8 cm³/mol. The van der Waals surface area contributed by atoms with Crippen molar-refractivity contribution in [2.24, 2.45) is 0 Å². The van der Waals surface area contributed by atoms with Gasteiger partial charge in [0.05, 0.1) is 11.4 Å². The Bertz CT molecular complexity index is 677. The lowest BCUT2D eigenvalue weighted by molar-refractivity contribution is 0.384. The lowest BCUT2D eigenvalue weighted by atomic mass is 10.1. The van der Waals surface area contributed by atoms with Crippen molar-refractivity contribution in [1.82, 2.24) is 15.5 Å². The van der Waals surface area contributed by atoms with E-state index in [4.69, 9.17) is 4.52 Å². The van der Waals surface area contributed by atoms with Gasteiger partial charge in [-0.3, -0.25) is 0 Å². The molecule has 1 aromatic heterocycles. The first kappa shape index (κ1) is 14.7. The van der Waals surface area contributed by atoms with Crippen LogP contribution in [0.3, 0.4) is 0 Å². The van der Waals surface area contributed by atoms with Gasteiger partial charge in [0.15, 0.2) is 15.7 Å². The zero-order chi connectivity index (χ0) is 14.8. The van der Waals surface area contributed by atoms with Gasteiger partial charge in [-0.05, 0) is 24.6 Å². The van der Waals surface area contributed by atoms with E-state index >= 15 is 0 Å². The number of rotatable bonds is 5. The summed E-state index contributed by atoms with van der Waals surface area (Å²) < 4.78 is 27.7. The summed E-state index contributed by atoms with van der Waals surface area (Å²) in [6.07, 6.45) is 1.20. The summed E-state index contributed by atoms with van der Waals surface area (Å²) in [6, 6.07) is 6.88. The molecular weight excluding hydrogens is 278 g/mol. The van der Waals surface area contributed by atoms with E-state index < -0.39 is 9.84 Å². The molecule has 108 valence electrons. The number of nitrogens with one attached hydrogen (secondary N) is 1. The second kappa shape index (κ2) is 5.72. The van der Waals surface area contributed by atoms with Gasteiger partial charge in [-0.1, -0.05) is 17.3 Å². The van der Waals surface area contributed by atoms with E-state index in [0.29, 0.717) is 23.2 Å². The van der Waals surface area contributed by atoms with Gasteiger partial charge >= 0.3 is 0 Å². The molecule has 6 nitrogen and oxygen atoms in total. The fourth-order valence-electron chi connectivity index (χ4n) is 1.78. The molecule has 0 saturated carbocycles. The van der Waals surface area contributed by atoms with Crippen molar-refractivity contribution >= 4 is 9.84 Å². The van der Waals surface area contributed by atoms with Crippen LogP contribution in [0.2, 0.25) is 0 Å². The minimum Gasteiger partial charge on any atom is -0.340 e. The third kappa shape index (κ3) is 3.64. The van der Waals surface area contributed by atoms with Crippen molar-refractivity contribution in [2.75, 3.05) is 6.26 Å². The molecule has 20 heavy (non-hydrogen) atoms. The lowest BCUT2D eigenvalue weighted by Gasteiger charge is -2.13. The van der Waals surface area contributed by atoms with Crippen LogP contribution in [0.4, 0.5) is 0 Å². The van der Waals surface area contributed by atoms with Crippen LogP contribution in [0, 0.1) is 6.92 Å². The minimum atomic E-state index is -3.15. The van der Waals surface area contributed by atoms with E-state index in [-0.39, 0.29) is 6.04 Å². The molecule has 1 N–H and O–H groups in total. The van der Waals surface area contributed by atoms with E-state index in [0.717, 1.165) is 5.56 Å². The van der Waals surface area contributed by atoms with Crippen molar-refractivity contribution < 1.29 is 12.9 Å². The normalized spacial score (nSPS) is 13.3. The quantitative estimate of drug-likeness (QED) is 0.902. The molecule has 1 heterocycles. The maximum absolute atomic E-state index is 11.4. The topological polar surface area (TPSA) is 85.1 Å². The van der Waals surface area contributed by atoms with Crippen LogP contribution in [0.1, 0.15) is 30.2 Å². The van der Waals surface area contributed by atoms with Crippen molar-refractivity contribution in [3.05, 3.63) is 41.5 Å². The maximum atomic E-state index is 11.4. The van der Waals surface area contributed by atoms with Gasteiger partial charge in [0.2, 0.25) is 5.89 Å². The predicted octanol–water partition coefficient (Wildman–Crippen LogP) is 1.63. The summed E-state index contributed by atoms with van der Waals surface area (Å²) in [4.78, 5) is 4.42. The number of benzene rings is 1. The molecule has 0 fully saturated rings. The van der Waals surface area contributed by atoms with Crippen molar-refractivity contribution in [3.63, 3.8) is 0 Å². The highest BCUT2D eigenvalue weighted by molar-refractivity contribution is 7.90. The third-order valence-electron chi connectivity index (χ3n) is 2.94. The standard InChI is InChI=1S/C13H17N3O3S/c1-9(14-8-13-15-10(2)19-16-13)11-4-6-12(7-5-11)20(3,17)18/h4-7,9,14H,8H2,1-3H3. The fraction of sp³-hybridized carbons (Fsp3) is 0.385. The first-order valence-electron chi connectivity index (χ1n) is 6.19. The molecule has 0 aliphatic heterocycles. The minimum absolute atomic E-state index is 0.0578. The molecule has 0 spiro atoms. The molecule has 0 aliphatic rings. The Hall–Kier alpha value is -1.73. The summed E-state index contributed by atoms with van der Waals surface area (Å²) >= 11 is 0. The molecule has 2 rings (SSSR count). The van der Waals surface area contributed by atoms with Crippen molar-refractivity contribution in [3.8, 4) is 0 Å². The van der Waals surface area contributed by atoms with Gasteiger partial charge in [0.1, 0.15) is 0 Å². The number of hydrogen-bond acceptors (Lipinski definition) is 6. The Kier molecular flexibility index (Phi) is 4.20. The summed E-state index contributed by atoms with van der Waals surface area (Å²) in [7, 11) is -3.15. The smallest absolute Gasteiger partial charge is 0.223 e. The number of aromatic nitrogens is 2. The lowest BCUT2D eigenvalue weighted by Crippen LogP contribution is -2.18. The van der Waals surface area contributed by atoms with Crippen LogP contribution in [0.15, 0.2) is 33.7 Å². The molecule has 0 saturated heterocycles. The van der Waals surface area contributed by atoms with E-state index in [1.165, 1.54) is 6.26 Å². The molecule has 0 bridgehead atoms. The van der Waals surface area contributed by atoms with E-state index in [9.17, 15) is 8.42 Å². The van der Waals surface area contributed by atoms with Crippen LogP contribution < -0.4 is 5.32 Å². The first-order chi connectivity index (χ1) is 9.36. The van der Waals surface area contributed by atoms with Crippen LogP contribution in [0.25, 0.3) is 0 Å². The van der Waals surface area contributed by atoms with Crippen LogP contribution in [-0.2, 0) is 16.4 Å².